The summed E-state index contributed by atoms with van der Waals surface area (Å²) in [4.78, 5) is 21.7. The first-order chi connectivity index (χ1) is 8.77. The van der Waals surface area contributed by atoms with E-state index in [2.05, 4.69) is 14.9 Å². The van der Waals surface area contributed by atoms with Crippen molar-refractivity contribution in [3.05, 3.63) is 30.1 Å². The fourth-order valence-electron chi connectivity index (χ4n) is 2.43. The molecule has 1 aromatic carbocycles. The molecule has 1 saturated heterocycles. The van der Waals surface area contributed by atoms with Crippen LogP contribution in [0, 0.1) is 0 Å². The number of hydrogen-bond acceptors (Lipinski definition) is 5. The molecule has 0 atom stereocenters. The van der Waals surface area contributed by atoms with E-state index in [1.54, 1.807) is 18.2 Å². The Labute approximate surface area is 104 Å². The number of aromatic nitrogens is 2. The number of carbonyl (C=O) groups is 1. The quantitative estimate of drug-likeness (QED) is 0.771. The number of nitrogens with zero attached hydrogens (tertiary/aromatic N) is 3. The minimum atomic E-state index is -1.18. The maximum atomic E-state index is 11.2. The number of carbonyl (C=O) groups excluding carboxylic acids is 1. The van der Waals surface area contributed by atoms with E-state index < -0.39 is 5.97 Å². The molecule has 1 aliphatic heterocycles. The van der Waals surface area contributed by atoms with Crippen LogP contribution in [-0.4, -0.2) is 29.0 Å². The fraction of sp³-hybridized carbons (Fsp3) is 0.308. The highest BCUT2D eigenvalue weighted by Crippen LogP contribution is 2.28. The molecule has 1 aromatic heterocycles. The summed E-state index contributed by atoms with van der Waals surface area (Å²) in [6, 6.07) is 5.01. The Bertz CT molecular complexity index is 601. The van der Waals surface area contributed by atoms with Gasteiger partial charge in [-0.15, -0.1) is 0 Å². The molecule has 0 amide bonds. The summed E-state index contributed by atoms with van der Waals surface area (Å²) in [5.74, 6) is -0.479. The second-order valence-corrected chi connectivity index (χ2v) is 4.38. The van der Waals surface area contributed by atoms with E-state index in [0.717, 1.165) is 25.9 Å². The highest BCUT2D eigenvalue weighted by Gasteiger charge is 2.18. The van der Waals surface area contributed by atoms with Crippen molar-refractivity contribution < 1.29 is 9.90 Å². The first-order valence-corrected chi connectivity index (χ1v) is 5.97. The topological polar surface area (TPSA) is 69.1 Å². The van der Waals surface area contributed by atoms with E-state index in [9.17, 15) is 9.90 Å². The maximum absolute atomic E-state index is 11.2. The molecule has 2 aromatic rings. The molecule has 3 rings (SSSR count). The molecule has 92 valence electrons. The zero-order valence-corrected chi connectivity index (χ0v) is 9.80. The largest absolute Gasteiger partial charge is 0.545 e. The molecular formula is C13H12N3O2-. The number of rotatable bonds is 2. The van der Waals surface area contributed by atoms with E-state index in [-0.39, 0.29) is 5.56 Å². The molecule has 1 fully saturated rings. The number of hydrogen-bond donors (Lipinski definition) is 0. The Kier molecular flexibility index (Phi) is 2.59. The second-order valence-electron chi connectivity index (χ2n) is 4.38. The Morgan fingerprint density at radius 1 is 1.22 bits per heavy atom. The zero-order chi connectivity index (χ0) is 12.5. The van der Waals surface area contributed by atoms with E-state index in [4.69, 9.17) is 0 Å². The van der Waals surface area contributed by atoms with Crippen LogP contribution in [0.5, 0.6) is 0 Å². The van der Waals surface area contributed by atoms with Gasteiger partial charge in [0.05, 0.1) is 16.9 Å². The molecule has 0 bridgehead atoms. The lowest BCUT2D eigenvalue weighted by atomic mass is 10.1. The second kappa shape index (κ2) is 4.25. The zero-order valence-electron chi connectivity index (χ0n) is 9.80. The predicted molar refractivity (Wildman–Crippen MR) is 65.3 cm³/mol. The lowest BCUT2D eigenvalue weighted by Gasteiger charge is -2.19. The highest BCUT2D eigenvalue weighted by atomic mass is 16.4. The summed E-state index contributed by atoms with van der Waals surface area (Å²) in [5, 5.41) is 11.8. The molecule has 1 aliphatic rings. The summed E-state index contributed by atoms with van der Waals surface area (Å²) in [6.45, 7) is 1.82. The minimum Gasteiger partial charge on any atom is -0.545 e. The van der Waals surface area contributed by atoms with E-state index in [1.807, 2.05) is 0 Å². The van der Waals surface area contributed by atoms with Gasteiger partial charge < -0.3 is 14.8 Å². The van der Waals surface area contributed by atoms with Gasteiger partial charge in [0.2, 0.25) is 0 Å². The van der Waals surface area contributed by atoms with E-state index >= 15 is 0 Å². The predicted octanol–water partition coefficient (Wildman–Crippen LogP) is 0.593. The van der Waals surface area contributed by atoms with Crippen LogP contribution in [-0.2, 0) is 0 Å². The summed E-state index contributed by atoms with van der Waals surface area (Å²) in [6.07, 6.45) is 3.70. The molecule has 5 heteroatoms. The molecule has 0 aliphatic carbocycles. The Morgan fingerprint density at radius 3 is 2.72 bits per heavy atom. The Balaban J connectivity index is 2.27. The molecule has 0 spiro atoms. The highest BCUT2D eigenvalue weighted by molar-refractivity contribution is 6.06. The van der Waals surface area contributed by atoms with Crippen LogP contribution < -0.4 is 10.0 Å². The average Bonchev–Trinajstić information content (AvgIpc) is 2.91. The van der Waals surface area contributed by atoms with Crippen molar-refractivity contribution in [1.29, 1.82) is 0 Å². The van der Waals surface area contributed by atoms with Gasteiger partial charge >= 0.3 is 0 Å². The number of benzene rings is 1. The summed E-state index contributed by atoms with van der Waals surface area (Å²) < 4.78 is 0. The van der Waals surface area contributed by atoms with Gasteiger partial charge in [-0.2, -0.15) is 0 Å². The monoisotopic (exact) mass is 242 g/mol. The Hall–Kier alpha value is -2.17. The van der Waals surface area contributed by atoms with Crippen LogP contribution >= 0.6 is 0 Å². The Morgan fingerprint density at radius 2 is 2.00 bits per heavy atom. The van der Waals surface area contributed by atoms with Gasteiger partial charge in [0.15, 0.2) is 0 Å². The first-order valence-electron chi connectivity index (χ1n) is 5.97. The molecule has 0 unspecified atom stereocenters. The molecular weight excluding hydrogens is 230 g/mol. The van der Waals surface area contributed by atoms with Crippen molar-refractivity contribution >= 4 is 22.7 Å². The van der Waals surface area contributed by atoms with Crippen LogP contribution in [0.2, 0.25) is 0 Å². The van der Waals surface area contributed by atoms with Crippen LogP contribution in [0.4, 0.5) is 5.82 Å². The summed E-state index contributed by atoms with van der Waals surface area (Å²) in [7, 11) is 0. The number of aromatic carboxylic acids is 1. The van der Waals surface area contributed by atoms with Crippen LogP contribution in [0.1, 0.15) is 23.2 Å². The first kappa shape index (κ1) is 11.0. The number of carboxylic acids is 1. The van der Waals surface area contributed by atoms with E-state index in [1.165, 1.54) is 6.33 Å². The van der Waals surface area contributed by atoms with E-state index in [0.29, 0.717) is 16.7 Å². The van der Waals surface area contributed by atoms with Gasteiger partial charge in [-0.05, 0) is 18.9 Å². The third-order valence-corrected chi connectivity index (χ3v) is 3.27. The average molecular weight is 242 g/mol. The lowest BCUT2D eigenvalue weighted by Crippen LogP contribution is -2.25. The molecule has 0 radical (unpaired) electrons. The number of fused-ring (bicyclic) bond motifs is 1. The standard InChI is InChI=1S/C13H13N3O2/c17-13(18)9-4-3-5-10-11(9)12(15-8-14-10)16-6-1-2-7-16/h3-5,8H,1-2,6-7H2,(H,17,18)/p-1. The van der Waals surface area contributed by atoms with Gasteiger partial charge in [0, 0.05) is 18.7 Å². The number of anilines is 1. The maximum Gasteiger partial charge on any atom is 0.140 e. The molecule has 0 saturated carbocycles. The van der Waals surface area contributed by atoms with Gasteiger partial charge in [-0.25, -0.2) is 9.97 Å². The van der Waals surface area contributed by atoms with Crippen molar-refractivity contribution in [3.8, 4) is 0 Å². The third kappa shape index (κ3) is 1.68. The fourth-order valence-corrected chi connectivity index (χ4v) is 2.43. The van der Waals surface area contributed by atoms with Crippen molar-refractivity contribution in [2.75, 3.05) is 18.0 Å². The summed E-state index contributed by atoms with van der Waals surface area (Å²) in [5.41, 5.74) is 0.809. The van der Waals surface area contributed by atoms with Gasteiger partial charge in [-0.1, -0.05) is 12.1 Å². The third-order valence-electron chi connectivity index (χ3n) is 3.27. The van der Waals surface area contributed by atoms with Crippen LogP contribution in [0.15, 0.2) is 24.5 Å². The van der Waals surface area contributed by atoms with Gasteiger partial charge in [-0.3, -0.25) is 0 Å². The van der Waals surface area contributed by atoms with Crippen molar-refractivity contribution in [2.45, 2.75) is 12.8 Å². The van der Waals surface area contributed by atoms with Crippen LogP contribution in [0.25, 0.3) is 10.9 Å². The lowest BCUT2D eigenvalue weighted by molar-refractivity contribution is -0.254. The van der Waals surface area contributed by atoms with Gasteiger partial charge in [0.25, 0.3) is 0 Å². The molecule has 0 N–H and O–H groups in total. The normalized spacial score (nSPS) is 15.2. The van der Waals surface area contributed by atoms with Crippen LogP contribution in [0.3, 0.4) is 0 Å². The molecule has 5 nitrogen and oxygen atoms in total. The van der Waals surface area contributed by atoms with Crippen molar-refractivity contribution in [2.24, 2.45) is 0 Å². The smallest absolute Gasteiger partial charge is 0.140 e. The van der Waals surface area contributed by atoms with Crippen molar-refractivity contribution in [3.63, 3.8) is 0 Å². The summed E-state index contributed by atoms with van der Waals surface area (Å²) >= 11 is 0. The molecule has 18 heavy (non-hydrogen) atoms. The minimum absolute atomic E-state index is 0.162. The number of carboxylic acid groups (broad SMARTS) is 1. The van der Waals surface area contributed by atoms with Crippen molar-refractivity contribution in [1.82, 2.24) is 9.97 Å². The molecule has 2 heterocycles. The van der Waals surface area contributed by atoms with Gasteiger partial charge in [0.1, 0.15) is 12.1 Å². The SMILES string of the molecule is O=C([O-])c1cccc2ncnc(N3CCCC3)c12.